The second kappa shape index (κ2) is 4.97. The van der Waals surface area contributed by atoms with Gasteiger partial charge in [0.2, 0.25) is 0 Å². The molecule has 2 aromatic carbocycles. The van der Waals surface area contributed by atoms with Crippen molar-refractivity contribution in [3.63, 3.8) is 0 Å². The lowest BCUT2D eigenvalue weighted by Gasteiger charge is -2.14. The largest absolute Gasteiger partial charge is 0.456 e. The quantitative estimate of drug-likeness (QED) is 0.652. The second-order valence-corrected chi connectivity index (χ2v) is 5.16. The fourth-order valence-corrected chi connectivity index (χ4v) is 2.60. The first-order valence-corrected chi connectivity index (χ1v) is 6.74. The van der Waals surface area contributed by atoms with E-state index in [0.29, 0.717) is 0 Å². The third-order valence-electron chi connectivity index (χ3n) is 3.43. The van der Waals surface area contributed by atoms with E-state index in [4.69, 9.17) is 4.74 Å². The first-order chi connectivity index (χ1) is 9.65. The minimum atomic E-state index is 0.852. The van der Waals surface area contributed by atoms with Gasteiger partial charge >= 0.3 is 0 Å². The number of aromatic nitrogens is 1. The number of aryl methyl sites for hydroxylation is 3. The minimum absolute atomic E-state index is 0.852. The molecule has 0 aliphatic heterocycles. The summed E-state index contributed by atoms with van der Waals surface area (Å²) in [6, 6.07) is 14.2. The molecule has 3 rings (SSSR count). The molecule has 0 saturated heterocycles. The molecule has 0 saturated carbocycles. The van der Waals surface area contributed by atoms with E-state index in [-0.39, 0.29) is 0 Å². The number of ether oxygens (including phenoxy) is 1. The highest BCUT2D eigenvalue weighted by atomic mass is 16.5. The van der Waals surface area contributed by atoms with Gasteiger partial charge in [-0.2, -0.15) is 0 Å². The molecule has 2 nitrogen and oxygen atoms in total. The molecule has 0 atom stereocenters. The Kier molecular flexibility index (Phi) is 3.15. The Morgan fingerprint density at radius 2 is 1.60 bits per heavy atom. The predicted octanol–water partition coefficient (Wildman–Crippen LogP) is 4.95. The van der Waals surface area contributed by atoms with Crippen LogP contribution in [0.25, 0.3) is 10.9 Å². The Morgan fingerprint density at radius 3 is 2.35 bits per heavy atom. The van der Waals surface area contributed by atoms with Crippen LogP contribution in [0.2, 0.25) is 0 Å². The number of pyridine rings is 1. The summed E-state index contributed by atoms with van der Waals surface area (Å²) >= 11 is 0. The van der Waals surface area contributed by atoms with Crippen molar-refractivity contribution in [2.24, 2.45) is 0 Å². The fourth-order valence-electron chi connectivity index (χ4n) is 2.60. The van der Waals surface area contributed by atoms with Crippen LogP contribution in [0.5, 0.6) is 11.5 Å². The molecule has 0 aliphatic rings. The van der Waals surface area contributed by atoms with Gasteiger partial charge in [0.15, 0.2) is 0 Å². The maximum Gasteiger partial charge on any atom is 0.138 e. The number of rotatable bonds is 2. The van der Waals surface area contributed by atoms with Crippen molar-refractivity contribution in [2.45, 2.75) is 20.8 Å². The number of hydrogen-bond acceptors (Lipinski definition) is 2. The van der Waals surface area contributed by atoms with E-state index in [1.807, 2.05) is 30.3 Å². The molecule has 3 aromatic rings. The van der Waals surface area contributed by atoms with Crippen LogP contribution in [-0.2, 0) is 0 Å². The molecular weight excluding hydrogens is 246 g/mol. The summed E-state index contributed by atoms with van der Waals surface area (Å²) in [5, 5.41) is 1.04. The monoisotopic (exact) mass is 263 g/mol. The van der Waals surface area contributed by atoms with E-state index < -0.39 is 0 Å². The molecule has 0 radical (unpaired) electrons. The number of para-hydroxylation sites is 1. The molecule has 100 valence electrons. The normalized spacial score (nSPS) is 10.8. The topological polar surface area (TPSA) is 22.1 Å². The van der Waals surface area contributed by atoms with Crippen LogP contribution in [0.1, 0.15) is 16.7 Å². The van der Waals surface area contributed by atoms with Gasteiger partial charge in [-0.1, -0.05) is 29.8 Å². The first kappa shape index (κ1) is 12.7. The van der Waals surface area contributed by atoms with Crippen molar-refractivity contribution in [2.75, 3.05) is 0 Å². The minimum Gasteiger partial charge on any atom is -0.456 e. The number of hydrogen-bond donors (Lipinski definition) is 0. The third kappa shape index (κ3) is 2.25. The Bertz CT molecular complexity index is 749. The van der Waals surface area contributed by atoms with Gasteiger partial charge < -0.3 is 4.74 Å². The highest BCUT2D eigenvalue weighted by Crippen LogP contribution is 2.33. The zero-order chi connectivity index (χ0) is 14.1. The van der Waals surface area contributed by atoms with Crippen molar-refractivity contribution in [3.8, 4) is 11.5 Å². The van der Waals surface area contributed by atoms with Gasteiger partial charge in [0.1, 0.15) is 11.5 Å². The lowest BCUT2D eigenvalue weighted by molar-refractivity contribution is 0.480. The van der Waals surface area contributed by atoms with Crippen molar-refractivity contribution < 1.29 is 4.74 Å². The van der Waals surface area contributed by atoms with Crippen molar-refractivity contribution in [1.29, 1.82) is 0 Å². The zero-order valence-corrected chi connectivity index (χ0v) is 12.0. The van der Waals surface area contributed by atoms with E-state index in [1.54, 1.807) is 6.20 Å². The van der Waals surface area contributed by atoms with Gasteiger partial charge in [-0.25, -0.2) is 0 Å². The number of nitrogens with zero attached hydrogens (tertiary/aromatic N) is 1. The average Bonchev–Trinajstić information content (AvgIpc) is 2.43. The second-order valence-electron chi connectivity index (χ2n) is 5.16. The average molecular weight is 263 g/mol. The zero-order valence-electron chi connectivity index (χ0n) is 12.0. The third-order valence-corrected chi connectivity index (χ3v) is 3.43. The van der Waals surface area contributed by atoms with E-state index in [2.05, 4.69) is 37.9 Å². The van der Waals surface area contributed by atoms with Gasteiger partial charge in [-0.05, 0) is 50.1 Å². The summed E-state index contributed by atoms with van der Waals surface area (Å²) in [6.45, 7) is 6.27. The molecule has 0 amide bonds. The molecule has 20 heavy (non-hydrogen) atoms. The SMILES string of the molecule is Cc1cc(C)c(Oc2ccnc3ccccc23)c(C)c1. The van der Waals surface area contributed by atoms with Gasteiger partial charge in [-0.3, -0.25) is 4.98 Å². The number of fused-ring (bicyclic) bond motifs is 1. The van der Waals surface area contributed by atoms with E-state index >= 15 is 0 Å². The molecule has 0 aliphatic carbocycles. The Morgan fingerprint density at radius 1 is 0.900 bits per heavy atom. The molecule has 0 N–H and O–H groups in total. The van der Waals surface area contributed by atoms with Crippen LogP contribution < -0.4 is 4.74 Å². The number of benzene rings is 2. The van der Waals surface area contributed by atoms with Crippen LogP contribution in [0.15, 0.2) is 48.7 Å². The lowest BCUT2D eigenvalue weighted by atomic mass is 10.1. The summed E-state index contributed by atoms with van der Waals surface area (Å²) in [4.78, 5) is 4.36. The van der Waals surface area contributed by atoms with Crippen molar-refractivity contribution in [3.05, 3.63) is 65.4 Å². The Balaban J connectivity index is 2.10. The predicted molar refractivity (Wildman–Crippen MR) is 82.5 cm³/mol. The first-order valence-electron chi connectivity index (χ1n) is 6.74. The van der Waals surface area contributed by atoms with E-state index in [1.165, 1.54) is 5.56 Å². The Hall–Kier alpha value is -2.35. The van der Waals surface area contributed by atoms with E-state index in [0.717, 1.165) is 33.5 Å². The highest BCUT2D eigenvalue weighted by Gasteiger charge is 2.09. The van der Waals surface area contributed by atoms with Crippen LogP contribution in [-0.4, -0.2) is 4.98 Å². The van der Waals surface area contributed by atoms with Crippen molar-refractivity contribution >= 4 is 10.9 Å². The summed E-state index contributed by atoms with van der Waals surface area (Å²) in [5.41, 5.74) is 4.52. The van der Waals surface area contributed by atoms with Gasteiger partial charge in [0, 0.05) is 11.6 Å². The lowest BCUT2D eigenvalue weighted by Crippen LogP contribution is -1.93. The summed E-state index contributed by atoms with van der Waals surface area (Å²) in [5.74, 6) is 1.79. The van der Waals surface area contributed by atoms with Gasteiger partial charge in [0.05, 0.1) is 5.52 Å². The molecule has 0 bridgehead atoms. The van der Waals surface area contributed by atoms with Crippen molar-refractivity contribution in [1.82, 2.24) is 4.98 Å². The molecule has 1 heterocycles. The van der Waals surface area contributed by atoms with Crippen LogP contribution in [0.3, 0.4) is 0 Å². The van der Waals surface area contributed by atoms with Gasteiger partial charge in [-0.15, -0.1) is 0 Å². The smallest absolute Gasteiger partial charge is 0.138 e. The fraction of sp³-hybridized carbons (Fsp3) is 0.167. The molecule has 0 unspecified atom stereocenters. The molecule has 1 aromatic heterocycles. The van der Waals surface area contributed by atoms with Crippen LogP contribution in [0.4, 0.5) is 0 Å². The maximum absolute atomic E-state index is 6.17. The molecular formula is C18H17NO. The van der Waals surface area contributed by atoms with E-state index in [9.17, 15) is 0 Å². The van der Waals surface area contributed by atoms with Crippen LogP contribution in [0, 0.1) is 20.8 Å². The Labute approximate surface area is 119 Å². The van der Waals surface area contributed by atoms with Crippen LogP contribution >= 0.6 is 0 Å². The maximum atomic E-state index is 6.17. The summed E-state index contributed by atoms with van der Waals surface area (Å²) < 4.78 is 6.17. The summed E-state index contributed by atoms with van der Waals surface area (Å²) in [6.07, 6.45) is 1.79. The molecule has 0 spiro atoms. The highest BCUT2D eigenvalue weighted by molar-refractivity contribution is 5.85. The molecule has 2 heteroatoms. The molecule has 0 fully saturated rings. The summed E-state index contributed by atoms with van der Waals surface area (Å²) in [7, 11) is 0. The standard InChI is InChI=1S/C18H17NO/c1-12-10-13(2)18(14(3)11-12)20-17-8-9-19-16-7-5-4-6-15(16)17/h4-11H,1-3H3. The van der Waals surface area contributed by atoms with Gasteiger partial charge in [0.25, 0.3) is 0 Å².